The van der Waals surface area contributed by atoms with Gasteiger partial charge in [0.25, 0.3) is 11.1 Å². The topological polar surface area (TPSA) is 90.4 Å². The molecule has 11 heteroatoms. The van der Waals surface area contributed by atoms with E-state index in [-0.39, 0.29) is 22.6 Å². The number of nitrogens with zero attached hydrogens (tertiary/aromatic N) is 2. The number of anilines is 1. The molecule has 7 nitrogen and oxygen atoms in total. The predicted molar refractivity (Wildman–Crippen MR) is 84.5 cm³/mol. The standard InChI is InChI=1S/C15H10F3N3O4S/c16-15(17,18)25-10-5-3-9(4-6-10)19-12(22)8-26-14-21-20-13(24-14)11-2-1-7-23-11/h1-7H,8H2,(H,19,22). The molecule has 0 aliphatic heterocycles. The fraction of sp³-hybridized carbons (Fsp3) is 0.133. The summed E-state index contributed by atoms with van der Waals surface area (Å²) in [6.07, 6.45) is -3.30. The van der Waals surface area contributed by atoms with Gasteiger partial charge in [0.05, 0.1) is 12.0 Å². The molecule has 0 bridgehead atoms. The van der Waals surface area contributed by atoms with Gasteiger partial charge in [-0.2, -0.15) is 0 Å². The molecular weight excluding hydrogens is 375 g/mol. The minimum atomic E-state index is -4.76. The largest absolute Gasteiger partial charge is 0.573 e. The maximum absolute atomic E-state index is 12.1. The molecule has 2 heterocycles. The third-order valence-electron chi connectivity index (χ3n) is 2.84. The molecule has 1 aromatic carbocycles. The van der Waals surface area contributed by atoms with Crippen LogP contribution < -0.4 is 10.1 Å². The van der Waals surface area contributed by atoms with E-state index in [1.54, 1.807) is 12.1 Å². The minimum absolute atomic E-state index is 0.0272. The summed E-state index contributed by atoms with van der Waals surface area (Å²) < 4.78 is 50.4. The number of halogens is 3. The first-order valence-corrected chi connectivity index (χ1v) is 8.03. The molecule has 26 heavy (non-hydrogen) atoms. The number of benzene rings is 1. The lowest BCUT2D eigenvalue weighted by molar-refractivity contribution is -0.274. The van der Waals surface area contributed by atoms with Crippen molar-refractivity contribution < 1.29 is 31.5 Å². The van der Waals surface area contributed by atoms with Crippen LogP contribution in [0.4, 0.5) is 18.9 Å². The van der Waals surface area contributed by atoms with Crippen molar-refractivity contribution in [2.75, 3.05) is 11.1 Å². The Bertz CT molecular complexity index is 863. The zero-order valence-electron chi connectivity index (χ0n) is 12.8. The Kier molecular flexibility index (Phi) is 5.16. The monoisotopic (exact) mass is 385 g/mol. The van der Waals surface area contributed by atoms with Gasteiger partial charge >= 0.3 is 6.36 Å². The Morgan fingerprint density at radius 1 is 1.19 bits per heavy atom. The van der Waals surface area contributed by atoms with Gasteiger partial charge < -0.3 is 18.9 Å². The minimum Gasteiger partial charge on any atom is -0.459 e. The van der Waals surface area contributed by atoms with E-state index in [9.17, 15) is 18.0 Å². The second-order valence-electron chi connectivity index (χ2n) is 4.76. The van der Waals surface area contributed by atoms with E-state index in [1.807, 2.05) is 0 Å². The van der Waals surface area contributed by atoms with Gasteiger partial charge in [-0.15, -0.1) is 23.4 Å². The summed E-state index contributed by atoms with van der Waals surface area (Å²) in [5, 5.41) is 10.3. The normalized spacial score (nSPS) is 11.3. The van der Waals surface area contributed by atoms with Crippen LogP contribution in [0, 0.1) is 0 Å². The van der Waals surface area contributed by atoms with Crippen molar-refractivity contribution in [2.24, 2.45) is 0 Å². The molecule has 136 valence electrons. The Hall–Kier alpha value is -2.95. The van der Waals surface area contributed by atoms with Gasteiger partial charge in [-0.1, -0.05) is 11.8 Å². The van der Waals surface area contributed by atoms with Crippen molar-refractivity contribution in [3.8, 4) is 17.4 Å². The van der Waals surface area contributed by atoms with Gasteiger partial charge in [0.1, 0.15) is 5.75 Å². The Labute approximate surface area is 148 Å². The summed E-state index contributed by atoms with van der Waals surface area (Å²) in [5.74, 6) is -0.188. The number of amides is 1. The molecule has 1 amide bonds. The van der Waals surface area contributed by atoms with E-state index in [0.29, 0.717) is 11.4 Å². The van der Waals surface area contributed by atoms with E-state index in [4.69, 9.17) is 8.83 Å². The highest BCUT2D eigenvalue weighted by Crippen LogP contribution is 2.25. The van der Waals surface area contributed by atoms with E-state index < -0.39 is 12.3 Å². The summed E-state index contributed by atoms with van der Waals surface area (Å²) in [7, 11) is 0. The van der Waals surface area contributed by atoms with Gasteiger partial charge in [0.2, 0.25) is 5.91 Å². The molecule has 1 N–H and O–H groups in total. The molecule has 0 unspecified atom stereocenters. The molecule has 0 saturated heterocycles. The van der Waals surface area contributed by atoms with Crippen molar-refractivity contribution in [3.63, 3.8) is 0 Å². The quantitative estimate of drug-likeness (QED) is 0.642. The fourth-order valence-corrected chi connectivity index (χ4v) is 2.40. The Balaban J connectivity index is 1.50. The molecule has 0 fully saturated rings. The lowest BCUT2D eigenvalue weighted by Gasteiger charge is -2.09. The smallest absolute Gasteiger partial charge is 0.459 e. The molecule has 3 rings (SSSR count). The van der Waals surface area contributed by atoms with Crippen LogP contribution in [0.5, 0.6) is 5.75 Å². The third kappa shape index (κ3) is 5.02. The van der Waals surface area contributed by atoms with Crippen LogP contribution in [0.2, 0.25) is 0 Å². The lowest BCUT2D eigenvalue weighted by Crippen LogP contribution is -2.17. The number of hydrogen-bond donors (Lipinski definition) is 1. The average Bonchev–Trinajstić information content (AvgIpc) is 3.24. The fourth-order valence-electron chi connectivity index (χ4n) is 1.83. The highest BCUT2D eigenvalue weighted by Gasteiger charge is 2.30. The summed E-state index contributed by atoms with van der Waals surface area (Å²) in [6, 6.07) is 8.12. The summed E-state index contributed by atoms with van der Waals surface area (Å²) in [6.45, 7) is 0. The van der Waals surface area contributed by atoms with Crippen molar-refractivity contribution >= 4 is 23.4 Å². The van der Waals surface area contributed by atoms with Gasteiger partial charge in [-0.05, 0) is 36.4 Å². The third-order valence-corrected chi connectivity index (χ3v) is 3.66. The number of alkyl halides is 3. The molecule has 0 spiro atoms. The van der Waals surface area contributed by atoms with E-state index in [1.165, 1.54) is 18.4 Å². The number of carbonyl (C=O) groups is 1. The molecular formula is C15H10F3N3O4S. The van der Waals surface area contributed by atoms with Crippen LogP contribution in [0.1, 0.15) is 0 Å². The molecule has 3 aromatic rings. The van der Waals surface area contributed by atoms with Crippen LogP contribution in [-0.2, 0) is 4.79 Å². The van der Waals surface area contributed by atoms with Crippen molar-refractivity contribution in [2.45, 2.75) is 11.6 Å². The summed E-state index contributed by atoms with van der Waals surface area (Å²) in [4.78, 5) is 11.9. The first-order chi connectivity index (χ1) is 12.4. The van der Waals surface area contributed by atoms with Crippen LogP contribution >= 0.6 is 11.8 Å². The molecule has 0 radical (unpaired) electrons. The molecule has 0 aliphatic rings. The zero-order valence-corrected chi connectivity index (χ0v) is 13.6. The summed E-state index contributed by atoms with van der Waals surface area (Å²) >= 11 is 1.01. The van der Waals surface area contributed by atoms with Gasteiger partial charge in [-0.3, -0.25) is 4.79 Å². The zero-order chi connectivity index (χ0) is 18.6. The maximum atomic E-state index is 12.1. The molecule has 2 aromatic heterocycles. The van der Waals surface area contributed by atoms with Crippen molar-refractivity contribution in [3.05, 3.63) is 42.7 Å². The SMILES string of the molecule is O=C(CSc1nnc(-c2ccco2)o1)Nc1ccc(OC(F)(F)F)cc1. The van der Waals surface area contributed by atoms with Gasteiger partial charge in [-0.25, -0.2) is 0 Å². The number of rotatable bonds is 6. The van der Waals surface area contributed by atoms with Gasteiger partial charge in [0, 0.05) is 5.69 Å². The number of nitrogens with one attached hydrogen (secondary N) is 1. The number of hydrogen-bond acceptors (Lipinski definition) is 7. The number of furan rings is 1. The average molecular weight is 385 g/mol. The van der Waals surface area contributed by atoms with Crippen LogP contribution in [0.15, 0.2) is 56.7 Å². The van der Waals surface area contributed by atoms with Crippen LogP contribution in [0.25, 0.3) is 11.7 Å². The molecule has 0 aliphatic carbocycles. The molecule has 0 saturated carbocycles. The highest BCUT2D eigenvalue weighted by atomic mass is 32.2. The number of carbonyl (C=O) groups excluding carboxylic acids is 1. The Morgan fingerprint density at radius 3 is 2.62 bits per heavy atom. The van der Waals surface area contributed by atoms with Gasteiger partial charge in [0.15, 0.2) is 5.76 Å². The number of thioether (sulfide) groups is 1. The lowest BCUT2D eigenvalue weighted by atomic mass is 10.3. The first-order valence-electron chi connectivity index (χ1n) is 7.05. The van der Waals surface area contributed by atoms with E-state index in [0.717, 1.165) is 23.9 Å². The van der Waals surface area contributed by atoms with E-state index in [2.05, 4.69) is 20.3 Å². The second-order valence-corrected chi connectivity index (χ2v) is 5.69. The highest BCUT2D eigenvalue weighted by molar-refractivity contribution is 7.99. The first kappa shape index (κ1) is 17.9. The van der Waals surface area contributed by atoms with Crippen molar-refractivity contribution in [1.82, 2.24) is 10.2 Å². The number of ether oxygens (including phenoxy) is 1. The second kappa shape index (κ2) is 7.52. The van der Waals surface area contributed by atoms with Crippen molar-refractivity contribution in [1.29, 1.82) is 0 Å². The van der Waals surface area contributed by atoms with Crippen LogP contribution in [0.3, 0.4) is 0 Å². The maximum Gasteiger partial charge on any atom is 0.573 e. The molecule has 0 atom stereocenters. The van der Waals surface area contributed by atoms with Crippen LogP contribution in [-0.4, -0.2) is 28.2 Å². The van der Waals surface area contributed by atoms with E-state index >= 15 is 0 Å². The predicted octanol–water partition coefficient (Wildman–Crippen LogP) is 3.96. The summed E-state index contributed by atoms with van der Waals surface area (Å²) in [5.41, 5.74) is 0.326. The Morgan fingerprint density at radius 2 is 1.96 bits per heavy atom. The number of aromatic nitrogens is 2.